The van der Waals surface area contributed by atoms with Crippen LogP contribution >= 0.6 is 0 Å². The summed E-state index contributed by atoms with van der Waals surface area (Å²) < 4.78 is 13.2. The molecule has 1 N–H and O–H groups in total. The second-order valence-electron chi connectivity index (χ2n) is 3.06. The highest BCUT2D eigenvalue weighted by Crippen LogP contribution is 2.10. The summed E-state index contributed by atoms with van der Waals surface area (Å²) in [6, 6.07) is 5.45. The Balaban J connectivity index is -0.000000409. The van der Waals surface area contributed by atoms with Crippen molar-refractivity contribution >= 4 is 0 Å². The van der Waals surface area contributed by atoms with Gasteiger partial charge in [-0.05, 0) is 30.2 Å². The largest absolute Gasteiger partial charge is 0.313 e. The normalized spacial score (nSPS) is 8.17. The van der Waals surface area contributed by atoms with Crippen LogP contribution in [-0.4, -0.2) is 6.54 Å². The Bertz CT molecular complexity index is 272. The monoisotopic (exact) mass is 257 g/mol. The van der Waals surface area contributed by atoms with Crippen LogP contribution in [0.3, 0.4) is 0 Å². The van der Waals surface area contributed by atoms with E-state index in [0.29, 0.717) is 0 Å². The Hall–Kier alpha value is -0.890. The van der Waals surface area contributed by atoms with Crippen molar-refractivity contribution in [1.29, 1.82) is 0 Å². The van der Waals surface area contributed by atoms with Crippen molar-refractivity contribution in [2.75, 3.05) is 6.54 Å². The lowest BCUT2D eigenvalue weighted by molar-refractivity contribution is 0.607. The fourth-order valence-electron chi connectivity index (χ4n) is 1.26. The number of rotatable bonds is 4. The van der Waals surface area contributed by atoms with Gasteiger partial charge in [-0.15, -0.1) is 0 Å². The molecule has 0 unspecified atom stereocenters. The maximum Gasteiger partial charge on any atom is 0.126 e. The average Bonchev–Trinajstić information content (AvgIpc) is 2.41. The van der Waals surface area contributed by atoms with Gasteiger partial charge >= 0.3 is 0 Å². The minimum absolute atomic E-state index is 0. The zero-order valence-electron chi connectivity index (χ0n) is 12.2. The van der Waals surface area contributed by atoms with Crippen molar-refractivity contribution in [1.82, 2.24) is 5.32 Å². The van der Waals surface area contributed by atoms with E-state index in [1.165, 1.54) is 0 Å². The van der Waals surface area contributed by atoms with Gasteiger partial charge in [0, 0.05) is 6.54 Å². The van der Waals surface area contributed by atoms with E-state index < -0.39 is 0 Å². The van der Waals surface area contributed by atoms with Gasteiger partial charge in [0.25, 0.3) is 0 Å². The number of hydrogen-bond donors (Lipinski definition) is 1. The highest BCUT2D eigenvalue weighted by Gasteiger charge is 2.00. The number of aryl methyl sites for hydroxylation is 1. The molecule has 1 aromatic carbocycles. The lowest BCUT2D eigenvalue weighted by atomic mass is 10.1. The maximum absolute atomic E-state index is 13.2. The molecule has 1 nitrogen and oxygen atoms in total. The first kappa shape index (κ1) is 22.3. The molecule has 18 heavy (non-hydrogen) atoms. The Morgan fingerprint density at radius 2 is 1.61 bits per heavy atom. The first-order valence-corrected chi connectivity index (χ1v) is 6.76. The van der Waals surface area contributed by atoms with Gasteiger partial charge in [-0.1, -0.05) is 61.1 Å². The molecule has 0 fully saturated rings. The van der Waals surface area contributed by atoms with E-state index in [4.69, 9.17) is 0 Å². The Kier molecular flexibility index (Phi) is 20.0. The van der Waals surface area contributed by atoms with Gasteiger partial charge in [-0.2, -0.15) is 0 Å². The average molecular weight is 257 g/mol. The molecule has 0 atom stereocenters. The molecule has 0 aliphatic heterocycles. The highest BCUT2D eigenvalue weighted by atomic mass is 19.1. The molecule has 1 aromatic rings. The Morgan fingerprint density at radius 3 is 2.00 bits per heavy atom. The summed E-state index contributed by atoms with van der Waals surface area (Å²) in [5.41, 5.74) is 1.80. The number of benzene rings is 1. The quantitative estimate of drug-likeness (QED) is 0.783. The summed E-state index contributed by atoms with van der Waals surface area (Å²) in [5, 5.41) is 3.16. The summed E-state index contributed by atoms with van der Waals surface area (Å²) in [6.45, 7) is 13.7. The van der Waals surface area contributed by atoms with Gasteiger partial charge in [-0.25, -0.2) is 4.39 Å². The van der Waals surface area contributed by atoms with Crippen molar-refractivity contribution in [3.8, 4) is 0 Å². The molecule has 0 heterocycles. The molecule has 0 saturated heterocycles. The maximum atomic E-state index is 13.2. The van der Waals surface area contributed by atoms with E-state index in [1.807, 2.05) is 53.7 Å². The Morgan fingerprint density at radius 1 is 1.06 bits per heavy atom. The summed E-state index contributed by atoms with van der Waals surface area (Å²) >= 11 is 0. The summed E-state index contributed by atoms with van der Waals surface area (Å²) in [7, 11) is 0. The second-order valence-corrected chi connectivity index (χ2v) is 3.06. The molecule has 0 spiro atoms. The van der Waals surface area contributed by atoms with E-state index in [1.54, 1.807) is 6.07 Å². The molecule has 108 valence electrons. The van der Waals surface area contributed by atoms with Gasteiger partial charge in [0.1, 0.15) is 5.82 Å². The predicted molar refractivity (Wildman–Crippen MR) is 82.6 cm³/mol. The minimum Gasteiger partial charge on any atom is -0.313 e. The molecule has 2 heteroatoms. The van der Waals surface area contributed by atoms with Crippen molar-refractivity contribution in [3.05, 3.63) is 35.1 Å². The zero-order chi connectivity index (χ0) is 13.7. The van der Waals surface area contributed by atoms with Crippen LogP contribution in [0.15, 0.2) is 18.2 Å². The topological polar surface area (TPSA) is 12.0 Å². The van der Waals surface area contributed by atoms with Crippen LogP contribution in [0.4, 0.5) is 4.39 Å². The SMILES string of the molecule is C.CC.CC.CCNCc1ccc(CC)c(F)c1. The molecule has 0 amide bonds. The van der Waals surface area contributed by atoms with Gasteiger partial charge in [-0.3, -0.25) is 0 Å². The van der Waals surface area contributed by atoms with E-state index in [0.717, 1.165) is 30.6 Å². The van der Waals surface area contributed by atoms with E-state index in [9.17, 15) is 4.39 Å². The fourth-order valence-corrected chi connectivity index (χ4v) is 1.26. The lowest BCUT2D eigenvalue weighted by Gasteiger charge is -2.04. The van der Waals surface area contributed by atoms with E-state index in [-0.39, 0.29) is 13.2 Å². The van der Waals surface area contributed by atoms with Crippen LogP contribution in [0.2, 0.25) is 0 Å². The minimum atomic E-state index is -0.0853. The molecule has 0 bridgehead atoms. The molecular weight excluding hydrogens is 225 g/mol. The van der Waals surface area contributed by atoms with Crippen LogP contribution < -0.4 is 5.32 Å². The second kappa shape index (κ2) is 16.1. The molecule has 0 aliphatic carbocycles. The number of halogens is 1. The smallest absolute Gasteiger partial charge is 0.126 e. The van der Waals surface area contributed by atoms with Gasteiger partial charge in [0.05, 0.1) is 0 Å². The van der Waals surface area contributed by atoms with Crippen molar-refractivity contribution in [2.45, 2.75) is 61.9 Å². The van der Waals surface area contributed by atoms with Crippen LogP contribution in [-0.2, 0) is 13.0 Å². The molecule has 0 radical (unpaired) electrons. The summed E-state index contributed by atoms with van der Waals surface area (Å²) in [6.07, 6.45) is 0.757. The van der Waals surface area contributed by atoms with Crippen LogP contribution in [0.1, 0.15) is 60.1 Å². The molecule has 0 aliphatic rings. The molecular formula is C16H32FN. The van der Waals surface area contributed by atoms with Gasteiger partial charge in [0.15, 0.2) is 0 Å². The highest BCUT2D eigenvalue weighted by molar-refractivity contribution is 5.24. The van der Waals surface area contributed by atoms with Crippen molar-refractivity contribution in [3.63, 3.8) is 0 Å². The number of hydrogen-bond acceptors (Lipinski definition) is 1. The summed E-state index contributed by atoms with van der Waals surface area (Å²) in [5.74, 6) is -0.0853. The third-order valence-electron chi connectivity index (χ3n) is 2.08. The summed E-state index contributed by atoms with van der Waals surface area (Å²) in [4.78, 5) is 0. The molecule has 0 aromatic heterocycles. The standard InChI is InChI=1S/C11H16FN.2C2H6.CH4/c1-3-10-6-5-9(7-11(10)12)8-13-4-2;2*1-2;/h5-7,13H,3-4,8H2,1-2H3;2*1-2H3;1H4. The third kappa shape index (κ3) is 9.17. The third-order valence-corrected chi connectivity index (χ3v) is 2.08. The first-order chi connectivity index (χ1) is 8.27. The predicted octanol–water partition coefficient (Wildman–Crippen LogP) is 5.19. The van der Waals surface area contributed by atoms with E-state index in [2.05, 4.69) is 5.32 Å². The zero-order valence-corrected chi connectivity index (χ0v) is 12.2. The van der Waals surface area contributed by atoms with Gasteiger partial charge < -0.3 is 5.32 Å². The first-order valence-electron chi connectivity index (χ1n) is 6.76. The lowest BCUT2D eigenvalue weighted by Crippen LogP contribution is -2.11. The van der Waals surface area contributed by atoms with Crippen molar-refractivity contribution in [2.24, 2.45) is 0 Å². The molecule has 1 rings (SSSR count). The number of nitrogens with one attached hydrogen (secondary N) is 1. The van der Waals surface area contributed by atoms with Gasteiger partial charge in [0.2, 0.25) is 0 Å². The van der Waals surface area contributed by atoms with Crippen LogP contribution in [0.25, 0.3) is 0 Å². The fraction of sp³-hybridized carbons (Fsp3) is 0.625. The van der Waals surface area contributed by atoms with Crippen LogP contribution in [0.5, 0.6) is 0 Å². The Labute approximate surface area is 114 Å². The molecule has 0 saturated carbocycles. The van der Waals surface area contributed by atoms with E-state index >= 15 is 0 Å². The van der Waals surface area contributed by atoms with Crippen molar-refractivity contribution < 1.29 is 4.39 Å². The van der Waals surface area contributed by atoms with Crippen LogP contribution in [0, 0.1) is 5.82 Å².